The van der Waals surface area contributed by atoms with E-state index in [1.807, 2.05) is 6.92 Å². The van der Waals surface area contributed by atoms with E-state index in [2.05, 4.69) is 5.32 Å². The number of hydrogen-bond donors (Lipinski definition) is 1. The van der Waals surface area contributed by atoms with Gasteiger partial charge in [-0.2, -0.15) is 0 Å². The highest BCUT2D eigenvalue weighted by atomic mass is 19.1. The third kappa shape index (κ3) is 5.17. The Kier molecular flexibility index (Phi) is 6.85. The Bertz CT molecular complexity index is 474. The number of benzene rings is 1. The first kappa shape index (κ1) is 17.1. The summed E-state index contributed by atoms with van der Waals surface area (Å²) in [6, 6.07) is 5.41. The summed E-state index contributed by atoms with van der Waals surface area (Å²) in [5, 5.41) is 2.79. The zero-order valence-corrected chi connectivity index (χ0v) is 12.9. The van der Waals surface area contributed by atoms with Gasteiger partial charge in [0.15, 0.2) is 0 Å². The van der Waals surface area contributed by atoms with Crippen LogP contribution in [0.2, 0.25) is 0 Å². The largest absolute Gasteiger partial charge is 0.354 e. The van der Waals surface area contributed by atoms with E-state index in [9.17, 15) is 14.0 Å². The molecule has 1 aromatic rings. The normalized spacial score (nSPS) is 11.8. The average molecular weight is 294 g/mol. The number of nitrogens with one attached hydrogen (secondary N) is 1. The number of carbonyl (C=O) groups excluding carboxylic acids is 2. The smallest absolute Gasteiger partial charge is 0.242 e. The highest BCUT2D eigenvalue weighted by Gasteiger charge is 2.24. The molecule has 5 heteroatoms. The molecule has 1 unspecified atom stereocenters. The molecular formula is C16H23FN2O2. The minimum atomic E-state index is -0.547. The van der Waals surface area contributed by atoms with Crippen molar-refractivity contribution in [2.24, 2.45) is 0 Å². The van der Waals surface area contributed by atoms with Crippen molar-refractivity contribution in [1.82, 2.24) is 10.2 Å². The van der Waals surface area contributed by atoms with Crippen LogP contribution in [0.15, 0.2) is 24.3 Å². The van der Waals surface area contributed by atoms with Gasteiger partial charge in [0.05, 0.1) is 0 Å². The van der Waals surface area contributed by atoms with E-state index in [1.165, 1.54) is 17.0 Å². The topological polar surface area (TPSA) is 49.4 Å². The summed E-state index contributed by atoms with van der Waals surface area (Å²) >= 11 is 0. The van der Waals surface area contributed by atoms with Crippen LogP contribution in [0.1, 0.15) is 39.2 Å². The maximum absolute atomic E-state index is 12.9. The van der Waals surface area contributed by atoms with E-state index in [0.717, 1.165) is 12.0 Å². The highest BCUT2D eigenvalue weighted by Crippen LogP contribution is 2.11. The van der Waals surface area contributed by atoms with E-state index in [1.54, 1.807) is 26.0 Å². The van der Waals surface area contributed by atoms with Gasteiger partial charge >= 0.3 is 0 Å². The average Bonchev–Trinajstić information content (AvgIpc) is 2.50. The maximum atomic E-state index is 12.9. The number of hydrogen-bond acceptors (Lipinski definition) is 2. The van der Waals surface area contributed by atoms with Gasteiger partial charge in [-0.05, 0) is 31.0 Å². The summed E-state index contributed by atoms with van der Waals surface area (Å²) in [5.41, 5.74) is 0.799. The maximum Gasteiger partial charge on any atom is 0.242 e. The molecule has 4 nitrogen and oxygen atoms in total. The van der Waals surface area contributed by atoms with E-state index >= 15 is 0 Å². The molecule has 116 valence electrons. The van der Waals surface area contributed by atoms with Gasteiger partial charge in [-0.25, -0.2) is 4.39 Å². The van der Waals surface area contributed by atoms with Crippen LogP contribution in [0, 0.1) is 5.82 Å². The molecule has 1 aromatic carbocycles. The molecule has 1 N–H and O–H groups in total. The molecule has 0 heterocycles. The lowest BCUT2D eigenvalue weighted by atomic mass is 10.1. The summed E-state index contributed by atoms with van der Waals surface area (Å²) < 4.78 is 12.9. The molecule has 1 rings (SSSR count). The van der Waals surface area contributed by atoms with Crippen molar-refractivity contribution in [2.45, 2.75) is 46.2 Å². The quantitative estimate of drug-likeness (QED) is 0.840. The van der Waals surface area contributed by atoms with E-state index in [0.29, 0.717) is 19.5 Å². The molecular weight excluding hydrogens is 271 g/mol. The van der Waals surface area contributed by atoms with Crippen LogP contribution >= 0.6 is 0 Å². The van der Waals surface area contributed by atoms with E-state index in [-0.39, 0.29) is 17.6 Å². The molecule has 21 heavy (non-hydrogen) atoms. The van der Waals surface area contributed by atoms with Crippen LogP contribution in [-0.2, 0) is 16.1 Å². The van der Waals surface area contributed by atoms with Crippen molar-refractivity contribution in [2.75, 3.05) is 6.54 Å². The van der Waals surface area contributed by atoms with Crippen molar-refractivity contribution in [3.63, 3.8) is 0 Å². The minimum absolute atomic E-state index is 0.0986. The molecule has 0 bridgehead atoms. The number of halogens is 1. The van der Waals surface area contributed by atoms with Gasteiger partial charge in [0.1, 0.15) is 11.9 Å². The molecule has 0 spiro atoms. The SMILES string of the molecule is CCCNC(=O)C(C)N(Cc1ccc(F)cc1)C(=O)CC. The van der Waals surface area contributed by atoms with Crippen LogP contribution in [0.5, 0.6) is 0 Å². The molecule has 0 aromatic heterocycles. The molecule has 0 aliphatic carbocycles. The third-order valence-corrected chi connectivity index (χ3v) is 3.29. The van der Waals surface area contributed by atoms with Crippen LogP contribution in [0.3, 0.4) is 0 Å². The molecule has 0 aliphatic rings. The zero-order valence-electron chi connectivity index (χ0n) is 12.9. The molecule has 0 saturated heterocycles. The monoisotopic (exact) mass is 294 g/mol. The fourth-order valence-corrected chi connectivity index (χ4v) is 1.97. The van der Waals surface area contributed by atoms with Crippen LogP contribution in [0.25, 0.3) is 0 Å². The summed E-state index contributed by atoms with van der Waals surface area (Å²) in [5.74, 6) is -0.583. The first-order chi connectivity index (χ1) is 9.99. The predicted molar refractivity (Wildman–Crippen MR) is 80.0 cm³/mol. The second kappa shape index (κ2) is 8.39. The second-order valence-corrected chi connectivity index (χ2v) is 4.97. The van der Waals surface area contributed by atoms with Crippen molar-refractivity contribution in [3.8, 4) is 0 Å². The second-order valence-electron chi connectivity index (χ2n) is 4.97. The molecule has 0 radical (unpaired) electrons. The van der Waals surface area contributed by atoms with Crippen LogP contribution in [-0.4, -0.2) is 29.3 Å². The molecule has 0 saturated carbocycles. The minimum Gasteiger partial charge on any atom is -0.354 e. The summed E-state index contributed by atoms with van der Waals surface area (Å²) in [6.07, 6.45) is 1.17. The Hall–Kier alpha value is -1.91. The Morgan fingerprint density at radius 2 is 1.86 bits per heavy atom. The molecule has 1 atom stereocenters. The molecule has 2 amide bonds. The molecule has 0 fully saturated rings. The Balaban J connectivity index is 2.82. The fraction of sp³-hybridized carbons (Fsp3) is 0.500. The Labute approximate surface area is 125 Å². The third-order valence-electron chi connectivity index (χ3n) is 3.29. The first-order valence-electron chi connectivity index (χ1n) is 7.31. The van der Waals surface area contributed by atoms with Gasteiger partial charge in [-0.3, -0.25) is 9.59 Å². The van der Waals surface area contributed by atoms with Gasteiger partial charge in [0.2, 0.25) is 11.8 Å². The Morgan fingerprint density at radius 1 is 1.24 bits per heavy atom. The number of carbonyl (C=O) groups is 2. The summed E-state index contributed by atoms with van der Waals surface area (Å²) in [4.78, 5) is 25.6. The lowest BCUT2D eigenvalue weighted by Crippen LogP contribution is -2.47. The van der Waals surface area contributed by atoms with Gasteiger partial charge in [-0.1, -0.05) is 26.0 Å². The highest BCUT2D eigenvalue weighted by molar-refractivity contribution is 5.87. The predicted octanol–water partition coefficient (Wildman–Crippen LogP) is 2.48. The lowest BCUT2D eigenvalue weighted by molar-refractivity contribution is -0.140. The van der Waals surface area contributed by atoms with Gasteiger partial charge in [0, 0.05) is 19.5 Å². The zero-order chi connectivity index (χ0) is 15.8. The standard InChI is InChI=1S/C16H23FN2O2/c1-4-10-18-16(21)12(3)19(15(20)5-2)11-13-6-8-14(17)9-7-13/h6-9,12H,4-5,10-11H2,1-3H3,(H,18,21). The van der Waals surface area contributed by atoms with E-state index < -0.39 is 6.04 Å². The van der Waals surface area contributed by atoms with Gasteiger partial charge in [-0.15, -0.1) is 0 Å². The number of nitrogens with zero attached hydrogens (tertiary/aromatic N) is 1. The number of amides is 2. The molecule has 0 aliphatic heterocycles. The van der Waals surface area contributed by atoms with Gasteiger partial charge in [0.25, 0.3) is 0 Å². The van der Waals surface area contributed by atoms with Crippen LogP contribution < -0.4 is 5.32 Å². The Morgan fingerprint density at radius 3 is 2.38 bits per heavy atom. The van der Waals surface area contributed by atoms with Crippen molar-refractivity contribution in [1.29, 1.82) is 0 Å². The lowest BCUT2D eigenvalue weighted by Gasteiger charge is -2.28. The van der Waals surface area contributed by atoms with Crippen molar-refractivity contribution >= 4 is 11.8 Å². The summed E-state index contributed by atoms with van der Waals surface area (Å²) in [6.45, 7) is 6.33. The van der Waals surface area contributed by atoms with Crippen molar-refractivity contribution in [3.05, 3.63) is 35.6 Å². The van der Waals surface area contributed by atoms with Gasteiger partial charge < -0.3 is 10.2 Å². The van der Waals surface area contributed by atoms with Crippen molar-refractivity contribution < 1.29 is 14.0 Å². The fourth-order valence-electron chi connectivity index (χ4n) is 1.97. The number of rotatable bonds is 7. The van der Waals surface area contributed by atoms with E-state index in [4.69, 9.17) is 0 Å². The van der Waals surface area contributed by atoms with Crippen LogP contribution in [0.4, 0.5) is 4.39 Å². The first-order valence-corrected chi connectivity index (χ1v) is 7.31. The summed E-state index contributed by atoms with van der Waals surface area (Å²) in [7, 11) is 0.